The van der Waals surface area contributed by atoms with Crippen LogP contribution in [0, 0.1) is 0 Å². The first kappa shape index (κ1) is 13.9. The third-order valence-corrected chi connectivity index (χ3v) is 4.43. The molecule has 2 aromatic heterocycles. The van der Waals surface area contributed by atoms with Gasteiger partial charge in [-0.05, 0) is 30.3 Å². The van der Waals surface area contributed by atoms with Gasteiger partial charge in [0.25, 0.3) is 0 Å². The van der Waals surface area contributed by atoms with E-state index in [2.05, 4.69) is 36.4 Å². The van der Waals surface area contributed by atoms with Crippen LogP contribution in [-0.4, -0.2) is 14.8 Å². The number of para-hydroxylation sites is 3. The summed E-state index contributed by atoms with van der Waals surface area (Å²) < 4.78 is 1.99. The number of hydrogen-bond donors (Lipinski definition) is 0. The Kier molecular flexibility index (Phi) is 3.10. The molecule has 118 valence electrons. The highest BCUT2D eigenvalue weighted by molar-refractivity contribution is 5.94. The molecule has 0 saturated carbocycles. The summed E-state index contributed by atoms with van der Waals surface area (Å²) in [6.45, 7) is 0. The van der Waals surface area contributed by atoms with Gasteiger partial charge in [-0.25, -0.2) is 9.67 Å². The number of benzene rings is 3. The van der Waals surface area contributed by atoms with Gasteiger partial charge in [-0.3, -0.25) is 0 Å². The normalized spacial score (nSPS) is 11.2. The summed E-state index contributed by atoms with van der Waals surface area (Å²) in [5.74, 6) is 0. The van der Waals surface area contributed by atoms with Crippen molar-refractivity contribution in [1.82, 2.24) is 14.8 Å². The maximum atomic E-state index is 4.89. The van der Waals surface area contributed by atoms with Crippen LogP contribution >= 0.6 is 0 Å². The number of nitrogens with zero attached hydrogens (tertiary/aromatic N) is 3. The van der Waals surface area contributed by atoms with Gasteiger partial charge in [0, 0.05) is 10.8 Å². The number of pyridine rings is 1. The standard InChI is InChI=1S/C22H15N3/c1-2-9-17(10-3-1)25-21-13-7-5-11-18(21)22(24-25)20-15-14-16-8-4-6-12-19(16)23-20/h1-15H. The Balaban J connectivity index is 1.78. The third-order valence-electron chi connectivity index (χ3n) is 4.43. The van der Waals surface area contributed by atoms with E-state index in [-0.39, 0.29) is 0 Å². The summed E-state index contributed by atoms with van der Waals surface area (Å²) in [5.41, 5.74) is 4.91. The maximum absolute atomic E-state index is 4.89. The Bertz CT molecular complexity index is 1190. The van der Waals surface area contributed by atoms with E-state index >= 15 is 0 Å². The fraction of sp³-hybridized carbons (Fsp3) is 0. The predicted octanol–water partition coefficient (Wildman–Crippen LogP) is 5.24. The molecular weight excluding hydrogens is 306 g/mol. The second kappa shape index (κ2) is 5.56. The van der Waals surface area contributed by atoms with Crippen LogP contribution in [0.15, 0.2) is 91.0 Å². The lowest BCUT2D eigenvalue weighted by Crippen LogP contribution is -1.96. The molecule has 5 aromatic rings. The van der Waals surface area contributed by atoms with Crippen LogP contribution in [0.3, 0.4) is 0 Å². The number of rotatable bonds is 2. The minimum atomic E-state index is 0.893. The molecule has 0 unspecified atom stereocenters. The lowest BCUT2D eigenvalue weighted by atomic mass is 10.1. The van der Waals surface area contributed by atoms with Gasteiger partial charge in [-0.15, -0.1) is 0 Å². The molecule has 0 N–H and O–H groups in total. The molecule has 0 amide bonds. The molecule has 3 nitrogen and oxygen atoms in total. The highest BCUT2D eigenvalue weighted by Crippen LogP contribution is 2.29. The van der Waals surface area contributed by atoms with Gasteiger partial charge in [0.1, 0.15) is 5.69 Å². The van der Waals surface area contributed by atoms with Gasteiger partial charge in [0.15, 0.2) is 0 Å². The summed E-state index contributed by atoms with van der Waals surface area (Å²) in [4.78, 5) is 4.83. The molecule has 0 fully saturated rings. The van der Waals surface area contributed by atoms with Crippen molar-refractivity contribution in [2.75, 3.05) is 0 Å². The van der Waals surface area contributed by atoms with E-state index in [4.69, 9.17) is 10.1 Å². The summed E-state index contributed by atoms with van der Waals surface area (Å²) in [6.07, 6.45) is 0. The van der Waals surface area contributed by atoms with Crippen LogP contribution in [0.5, 0.6) is 0 Å². The van der Waals surface area contributed by atoms with E-state index in [9.17, 15) is 0 Å². The van der Waals surface area contributed by atoms with Crippen molar-refractivity contribution >= 4 is 21.8 Å². The third kappa shape index (κ3) is 2.29. The zero-order valence-electron chi connectivity index (χ0n) is 13.5. The van der Waals surface area contributed by atoms with Gasteiger partial charge in [-0.1, -0.05) is 60.7 Å². The summed E-state index contributed by atoms with van der Waals surface area (Å²) in [6, 6.07) is 30.8. The molecule has 2 heterocycles. The van der Waals surface area contributed by atoms with Crippen LogP contribution in [-0.2, 0) is 0 Å². The number of aromatic nitrogens is 3. The molecule has 25 heavy (non-hydrogen) atoms. The Morgan fingerprint density at radius 3 is 2.32 bits per heavy atom. The van der Waals surface area contributed by atoms with Gasteiger partial charge < -0.3 is 0 Å². The van der Waals surface area contributed by atoms with Crippen molar-refractivity contribution in [2.24, 2.45) is 0 Å². The maximum Gasteiger partial charge on any atom is 0.119 e. The monoisotopic (exact) mass is 321 g/mol. The first-order chi connectivity index (χ1) is 12.4. The SMILES string of the molecule is c1ccc(-n2nc(-c3ccc4ccccc4n3)c3ccccc32)cc1. The van der Waals surface area contributed by atoms with E-state index in [1.54, 1.807) is 0 Å². The Labute approximate surface area is 145 Å². The quantitative estimate of drug-likeness (QED) is 0.445. The first-order valence-corrected chi connectivity index (χ1v) is 8.29. The first-order valence-electron chi connectivity index (χ1n) is 8.29. The molecule has 0 saturated heterocycles. The Morgan fingerprint density at radius 2 is 1.40 bits per heavy atom. The minimum absolute atomic E-state index is 0.893. The van der Waals surface area contributed by atoms with E-state index in [0.29, 0.717) is 0 Å². The minimum Gasteiger partial charge on any atom is -0.246 e. The van der Waals surface area contributed by atoms with Crippen molar-refractivity contribution < 1.29 is 0 Å². The lowest BCUT2D eigenvalue weighted by molar-refractivity contribution is 0.913. The topological polar surface area (TPSA) is 30.7 Å². The summed E-state index contributed by atoms with van der Waals surface area (Å²) in [5, 5.41) is 7.13. The molecule has 3 heteroatoms. The van der Waals surface area contributed by atoms with E-state index in [1.807, 2.05) is 59.3 Å². The van der Waals surface area contributed by atoms with Crippen molar-refractivity contribution in [1.29, 1.82) is 0 Å². The van der Waals surface area contributed by atoms with Crippen LogP contribution in [0.4, 0.5) is 0 Å². The van der Waals surface area contributed by atoms with Gasteiger partial charge in [0.2, 0.25) is 0 Å². The fourth-order valence-corrected chi connectivity index (χ4v) is 3.22. The van der Waals surface area contributed by atoms with Crippen LogP contribution < -0.4 is 0 Å². The summed E-state index contributed by atoms with van der Waals surface area (Å²) in [7, 11) is 0. The number of fused-ring (bicyclic) bond motifs is 2. The van der Waals surface area contributed by atoms with Gasteiger partial charge in [0.05, 0.1) is 22.4 Å². The fourth-order valence-electron chi connectivity index (χ4n) is 3.22. The largest absolute Gasteiger partial charge is 0.246 e. The number of hydrogen-bond acceptors (Lipinski definition) is 2. The second-order valence-corrected chi connectivity index (χ2v) is 6.00. The Morgan fingerprint density at radius 1 is 0.640 bits per heavy atom. The van der Waals surface area contributed by atoms with E-state index < -0.39 is 0 Å². The molecule has 3 aromatic carbocycles. The summed E-state index contributed by atoms with van der Waals surface area (Å²) >= 11 is 0. The highest BCUT2D eigenvalue weighted by atomic mass is 15.3. The molecule has 5 rings (SSSR count). The molecule has 0 aliphatic carbocycles. The Hall–Kier alpha value is -3.46. The molecule has 0 bridgehead atoms. The van der Waals surface area contributed by atoms with Crippen LogP contribution in [0.25, 0.3) is 38.9 Å². The van der Waals surface area contributed by atoms with Crippen molar-refractivity contribution in [3.8, 4) is 17.1 Å². The lowest BCUT2D eigenvalue weighted by Gasteiger charge is -2.02. The van der Waals surface area contributed by atoms with Crippen molar-refractivity contribution in [2.45, 2.75) is 0 Å². The van der Waals surface area contributed by atoms with Gasteiger partial charge >= 0.3 is 0 Å². The zero-order chi connectivity index (χ0) is 16.6. The average molecular weight is 321 g/mol. The second-order valence-electron chi connectivity index (χ2n) is 6.00. The molecule has 0 spiro atoms. The van der Waals surface area contributed by atoms with Crippen molar-refractivity contribution in [3.05, 3.63) is 91.0 Å². The van der Waals surface area contributed by atoms with E-state index in [0.717, 1.165) is 38.9 Å². The molecular formula is C22H15N3. The van der Waals surface area contributed by atoms with Gasteiger partial charge in [-0.2, -0.15) is 5.10 Å². The average Bonchev–Trinajstić information content (AvgIpc) is 3.08. The smallest absolute Gasteiger partial charge is 0.119 e. The van der Waals surface area contributed by atoms with Crippen LogP contribution in [0.1, 0.15) is 0 Å². The van der Waals surface area contributed by atoms with E-state index in [1.165, 1.54) is 0 Å². The highest BCUT2D eigenvalue weighted by Gasteiger charge is 2.14. The molecule has 0 aliphatic rings. The van der Waals surface area contributed by atoms with Crippen molar-refractivity contribution in [3.63, 3.8) is 0 Å². The molecule has 0 aliphatic heterocycles. The molecule has 0 atom stereocenters. The zero-order valence-corrected chi connectivity index (χ0v) is 13.5. The molecule has 0 radical (unpaired) electrons. The predicted molar refractivity (Wildman–Crippen MR) is 102 cm³/mol. The van der Waals surface area contributed by atoms with Crippen LogP contribution in [0.2, 0.25) is 0 Å².